The Morgan fingerprint density at radius 3 is 2.46 bits per heavy atom. The van der Waals surface area contributed by atoms with E-state index in [9.17, 15) is 17.6 Å². The number of benzene rings is 2. The molecule has 7 nitrogen and oxygen atoms in total. The normalized spacial score (nSPS) is 16.9. The van der Waals surface area contributed by atoms with E-state index in [-0.39, 0.29) is 34.6 Å². The van der Waals surface area contributed by atoms with Gasteiger partial charge >= 0.3 is 0 Å². The molecule has 1 amide bonds. The molecular formula is C28H32FN3O4S. The van der Waals surface area contributed by atoms with E-state index in [1.54, 1.807) is 19.9 Å². The SMILES string of the molecule is Cc1cc(C)c(/C=C/c2onc(C)c2S(=O)(=O)N2CCCC(C(=O)Nc3ccc(F)cc3C)C2)c(C)c1. The van der Waals surface area contributed by atoms with Crippen LogP contribution in [0.3, 0.4) is 0 Å². The highest BCUT2D eigenvalue weighted by atomic mass is 32.2. The summed E-state index contributed by atoms with van der Waals surface area (Å²) in [6.07, 6.45) is 4.58. The van der Waals surface area contributed by atoms with E-state index < -0.39 is 15.9 Å². The maximum atomic E-state index is 13.7. The molecule has 1 aromatic heterocycles. The van der Waals surface area contributed by atoms with E-state index in [4.69, 9.17) is 4.52 Å². The molecule has 1 unspecified atom stereocenters. The number of carbonyl (C=O) groups is 1. The number of anilines is 1. The number of piperidine rings is 1. The summed E-state index contributed by atoms with van der Waals surface area (Å²) < 4.78 is 47.6. The number of halogens is 1. The molecule has 0 bridgehead atoms. The second-order valence-electron chi connectivity index (χ2n) is 9.76. The van der Waals surface area contributed by atoms with Gasteiger partial charge in [-0.2, -0.15) is 4.31 Å². The molecule has 1 saturated heterocycles. The average molecular weight is 526 g/mol. The van der Waals surface area contributed by atoms with Crippen molar-refractivity contribution in [1.82, 2.24) is 9.46 Å². The number of carbonyl (C=O) groups excluding carboxylic acids is 1. The summed E-state index contributed by atoms with van der Waals surface area (Å²) in [6, 6.07) is 8.28. The Morgan fingerprint density at radius 1 is 1.08 bits per heavy atom. The van der Waals surface area contributed by atoms with Crippen LogP contribution in [-0.2, 0) is 14.8 Å². The van der Waals surface area contributed by atoms with Gasteiger partial charge in [0.1, 0.15) is 11.5 Å². The van der Waals surface area contributed by atoms with Gasteiger partial charge in [-0.15, -0.1) is 0 Å². The number of aryl methyl sites for hydroxylation is 5. The van der Waals surface area contributed by atoms with Gasteiger partial charge < -0.3 is 9.84 Å². The topological polar surface area (TPSA) is 92.5 Å². The number of hydrogen-bond acceptors (Lipinski definition) is 5. The molecule has 196 valence electrons. The number of nitrogens with one attached hydrogen (secondary N) is 1. The first-order chi connectivity index (χ1) is 17.5. The molecule has 2 aromatic carbocycles. The number of hydrogen-bond donors (Lipinski definition) is 1. The van der Waals surface area contributed by atoms with Crippen molar-refractivity contribution in [3.05, 3.63) is 75.4 Å². The molecule has 3 aromatic rings. The van der Waals surface area contributed by atoms with Crippen molar-refractivity contribution in [2.75, 3.05) is 18.4 Å². The Hall–Kier alpha value is -3.30. The summed E-state index contributed by atoms with van der Waals surface area (Å²) in [4.78, 5) is 13.0. The van der Waals surface area contributed by atoms with E-state index in [0.717, 1.165) is 22.3 Å². The molecule has 2 heterocycles. The summed E-state index contributed by atoms with van der Waals surface area (Å²) in [5.74, 6) is -1.05. The van der Waals surface area contributed by atoms with Crippen molar-refractivity contribution < 1.29 is 22.1 Å². The molecule has 1 N–H and O–H groups in total. The van der Waals surface area contributed by atoms with Crippen molar-refractivity contribution in [3.8, 4) is 0 Å². The predicted molar refractivity (Wildman–Crippen MR) is 142 cm³/mol. The van der Waals surface area contributed by atoms with Crippen LogP contribution in [0.4, 0.5) is 10.1 Å². The molecule has 4 rings (SSSR count). The second-order valence-corrected chi connectivity index (χ2v) is 11.6. The molecule has 0 aliphatic carbocycles. The van der Waals surface area contributed by atoms with Gasteiger partial charge in [-0.05, 0) is 94.0 Å². The molecular weight excluding hydrogens is 493 g/mol. The minimum atomic E-state index is -3.97. The van der Waals surface area contributed by atoms with Gasteiger partial charge in [-0.3, -0.25) is 4.79 Å². The summed E-state index contributed by atoms with van der Waals surface area (Å²) in [6.45, 7) is 9.70. The summed E-state index contributed by atoms with van der Waals surface area (Å²) >= 11 is 0. The van der Waals surface area contributed by atoms with Gasteiger partial charge in [0.25, 0.3) is 0 Å². The minimum Gasteiger partial charge on any atom is -0.355 e. The number of sulfonamides is 1. The summed E-state index contributed by atoms with van der Waals surface area (Å²) in [5, 5.41) is 6.75. The van der Waals surface area contributed by atoms with Gasteiger partial charge in [0.05, 0.1) is 5.92 Å². The highest BCUT2D eigenvalue weighted by Gasteiger charge is 2.37. The summed E-state index contributed by atoms with van der Waals surface area (Å²) in [7, 11) is -3.97. The lowest BCUT2D eigenvalue weighted by Crippen LogP contribution is -2.44. The number of nitrogens with zero attached hydrogens (tertiary/aromatic N) is 2. The lowest BCUT2D eigenvalue weighted by molar-refractivity contribution is -0.120. The third-order valence-corrected chi connectivity index (χ3v) is 8.80. The van der Waals surface area contributed by atoms with Crippen LogP contribution in [0.25, 0.3) is 12.2 Å². The zero-order valence-electron chi connectivity index (χ0n) is 21.8. The standard InChI is InChI=1S/C28H32FN3O4S/c1-17-13-18(2)24(19(3)14-17)9-11-26-27(21(5)31-36-26)37(34,35)32-12-6-7-22(16-32)28(33)30-25-10-8-23(29)15-20(25)4/h8-11,13-15,22H,6-7,12,16H2,1-5H3,(H,30,33)/b11-9+. The Kier molecular flexibility index (Phi) is 7.66. The van der Waals surface area contributed by atoms with Crippen LogP contribution < -0.4 is 5.32 Å². The highest BCUT2D eigenvalue weighted by Crippen LogP contribution is 2.30. The molecule has 0 radical (unpaired) electrons. The van der Waals surface area contributed by atoms with E-state index in [1.807, 2.05) is 26.8 Å². The largest absolute Gasteiger partial charge is 0.355 e. The van der Waals surface area contributed by atoms with Crippen molar-refractivity contribution in [3.63, 3.8) is 0 Å². The van der Waals surface area contributed by atoms with Crippen molar-refractivity contribution in [2.24, 2.45) is 5.92 Å². The zero-order valence-corrected chi connectivity index (χ0v) is 22.6. The molecule has 1 atom stereocenters. The fraction of sp³-hybridized carbons (Fsp3) is 0.357. The van der Waals surface area contributed by atoms with Gasteiger partial charge in [0.2, 0.25) is 15.9 Å². The van der Waals surface area contributed by atoms with Crippen LogP contribution in [0, 0.1) is 46.4 Å². The smallest absolute Gasteiger partial charge is 0.248 e. The highest BCUT2D eigenvalue weighted by molar-refractivity contribution is 7.89. The van der Waals surface area contributed by atoms with E-state index >= 15 is 0 Å². The van der Waals surface area contributed by atoms with Crippen LogP contribution in [0.2, 0.25) is 0 Å². The fourth-order valence-electron chi connectivity index (χ4n) is 4.92. The number of amides is 1. The number of rotatable bonds is 6. The van der Waals surface area contributed by atoms with Crippen molar-refractivity contribution in [1.29, 1.82) is 0 Å². The molecule has 9 heteroatoms. The van der Waals surface area contributed by atoms with E-state index in [2.05, 4.69) is 22.6 Å². The zero-order chi connectivity index (χ0) is 26.9. The van der Waals surface area contributed by atoms with Crippen LogP contribution in [0.15, 0.2) is 39.8 Å². The maximum Gasteiger partial charge on any atom is 0.248 e. The van der Waals surface area contributed by atoms with E-state index in [0.29, 0.717) is 30.6 Å². The average Bonchev–Trinajstić information content (AvgIpc) is 3.21. The minimum absolute atomic E-state index is 0.0154. The molecule has 1 aliphatic heterocycles. The number of aromatic nitrogens is 1. The first-order valence-electron chi connectivity index (χ1n) is 12.3. The Bertz CT molecular complexity index is 1450. The van der Waals surface area contributed by atoms with E-state index in [1.165, 1.54) is 22.5 Å². The molecule has 1 fully saturated rings. The molecule has 0 spiro atoms. The summed E-state index contributed by atoms with van der Waals surface area (Å²) in [5.41, 5.74) is 5.69. The van der Waals surface area contributed by atoms with Gasteiger partial charge in [-0.25, -0.2) is 12.8 Å². The Morgan fingerprint density at radius 2 is 1.78 bits per heavy atom. The van der Waals surface area contributed by atoms with Gasteiger partial charge in [0.15, 0.2) is 10.7 Å². The maximum absolute atomic E-state index is 13.7. The lowest BCUT2D eigenvalue weighted by atomic mass is 9.98. The van der Waals surface area contributed by atoms with Crippen LogP contribution in [0.1, 0.15) is 52.1 Å². The quantitative estimate of drug-likeness (QED) is 0.455. The monoisotopic (exact) mass is 525 g/mol. The lowest BCUT2D eigenvalue weighted by Gasteiger charge is -2.31. The van der Waals surface area contributed by atoms with Crippen LogP contribution in [-0.4, -0.2) is 36.9 Å². The second kappa shape index (κ2) is 10.6. The molecule has 1 aliphatic rings. The fourth-order valence-corrected chi connectivity index (χ4v) is 6.69. The Balaban J connectivity index is 1.56. The van der Waals surface area contributed by atoms with Crippen LogP contribution >= 0.6 is 0 Å². The molecule has 0 saturated carbocycles. The van der Waals surface area contributed by atoms with Gasteiger partial charge in [-0.1, -0.05) is 28.9 Å². The first-order valence-corrected chi connectivity index (χ1v) is 13.7. The first kappa shape index (κ1) is 26.8. The van der Waals surface area contributed by atoms with Crippen molar-refractivity contribution in [2.45, 2.75) is 52.4 Å². The van der Waals surface area contributed by atoms with Gasteiger partial charge in [0, 0.05) is 18.8 Å². The van der Waals surface area contributed by atoms with Crippen LogP contribution in [0.5, 0.6) is 0 Å². The third kappa shape index (κ3) is 5.67. The third-order valence-electron chi connectivity index (χ3n) is 6.77. The molecule has 37 heavy (non-hydrogen) atoms. The Labute approximate surface area is 217 Å². The predicted octanol–water partition coefficient (Wildman–Crippen LogP) is 5.57. The van der Waals surface area contributed by atoms with Crippen molar-refractivity contribution >= 4 is 33.8 Å².